The molecule has 0 atom stereocenters. The highest BCUT2D eigenvalue weighted by Gasteiger charge is 2.03. The SMILES string of the molecule is CCCCC/C=C\C/C=C\CCCCCCCC(=O)OCCCCCCCCCCCCCCCCCCCCCCCCCCCCCCCCCC. The number of ether oxygens (including phenoxy) is 1. The summed E-state index contributed by atoms with van der Waals surface area (Å²) in [4.78, 5) is 12.0. The summed E-state index contributed by atoms with van der Waals surface area (Å²) in [5.74, 6) is 0.0152. The maximum atomic E-state index is 12.0. The van der Waals surface area contributed by atoms with Crippen LogP contribution in [0.15, 0.2) is 24.3 Å². The topological polar surface area (TPSA) is 26.3 Å². The molecule has 320 valence electrons. The molecule has 0 saturated carbocycles. The van der Waals surface area contributed by atoms with Crippen LogP contribution in [-0.2, 0) is 9.53 Å². The van der Waals surface area contributed by atoms with E-state index >= 15 is 0 Å². The molecule has 0 N–H and O–H groups in total. The third-order valence-electron chi connectivity index (χ3n) is 11.6. The molecule has 0 heterocycles. The fraction of sp³-hybridized carbons (Fsp3) is 0.904. The first-order chi connectivity index (χ1) is 26.8. The fourth-order valence-corrected chi connectivity index (χ4v) is 7.82. The highest BCUT2D eigenvalue weighted by molar-refractivity contribution is 5.69. The Morgan fingerprint density at radius 1 is 0.315 bits per heavy atom. The van der Waals surface area contributed by atoms with Crippen LogP contribution in [0.4, 0.5) is 0 Å². The van der Waals surface area contributed by atoms with Crippen molar-refractivity contribution in [3.8, 4) is 0 Å². The summed E-state index contributed by atoms with van der Waals surface area (Å²) in [6.07, 6.45) is 69.0. The molecule has 2 heteroatoms. The lowest BCUT2D eigenvalue weighted by atomic mass is 10.0. The summed E-state index contributed by atoms with van der Waals surface area (Å²) in [5, 5.41) is 0. The highest BCUT2D eigenvalue weighted by Crippen LogP contribution is 2.17. The third-order valence-corrected chi connectivity index (χ3v) is 11.6. The van der Waals surface area contributed by atoms with Crippen LogP contribution < -0.4 is 0 Å². The second-order valence-corrected chi connectivity index (χ2v) is 17.2. The Morgan fingerprint density at radius 3 is 0.926 bits per heavy atom. The van der Waals surface area contributed by atoms with E-state index in [2.05, 4.69) is 38.2 Å². The highest BCUT2D eigenvalue weighted by atomic mass is 16.5. The molecule has 2 nitrogen and oxygen atoms in total. The van der Waals surface area contributed by atoms with Crippen molar-refractivity contribution < 1.29 is 9.53 Å². The van der Waals surface area contributed by atoms with Crippen LogP contribution in [-0.4, -0.2) is 12.6 Å². The summed E-state index contributed by atoms with van der Waals surface area (Å²) in [5.41, 5.74) is 0. The first kappa shape index (κ1) is 53.0. The van der Waals surface area contributed by atoms with Gasteiger partial charge in [0.05, 0.1) is 6.61 Å². The Kier molecular flexibility index (Phi) is 49.0. The van der Waals surface area contributed by atoms with Crippen molar-refractivity contribution in [1.82, 2.24) is 0 Å². The van der Waals surface area contributed by atoms with E-state index in [1.165, 1.54) is 250 Å². The second kappa shape index (κ2) is 50.0. The second-order valence-electron chi connectivity index (χ2n) is 17.2. The molecule has 0 saturated heterocycles. The lowest BCUT2D eigenvalue weighted by Gasteiger charge is -2.06. The number of unbranched alkanes of at least 4 members (excludes halogenated alkanes) is 39. The zero-order chi connectivity index (χ0) is 38.9. The number of allylic oxidation sites excluding steroid dienone is 4. The van der Waals surface area contributed by atoms with Gasteiger partial charge in [0.2, 0.25) is 0 Å². The van der Waals surface area contributed by atoms with Crippen LogP contribution in [0.25, 0.3) is 0 Å². The number of carbonyl (C=O) groups is 1. The average molecular weight is 757 g/mol. The predicted molar refractivity (Wildman–Crippen MR) is 244 cm³/mol. The molecule has 0 aromatic carbocycles. The van der Waals surface area contributed by atoms with Crippen LogP contribution in [0.2, 0.25) is 0 Å². The molecule has 0 aliphatic carbocycles. The van der Waals surface area contributed by atoms with Crippen molar-refractivity contribution in [2.24, 2.45) is 0 Å². The van der Waals surface area contributed by atoms with Gasteiger partial charge in [-0.2, -0.15) is 0 Å². The normalized spacial score (nSPS) is 11.8. The molecule has 0 aliphatic rings. The number of carbonyl (C=O) groups excluding carboxylic acids is 1. The molecule has 54 heavy (non-hydrogen) atoms. The Hall–Kier alpha value is -1.05. The lowest BCUT2D eigenvalue weighted by Crippen LogP contribution is -2.05. The number of hydrogen-bond acceptors (Lipinski definition) is 2. The van der Waals surface area contributed by atoms with E-state index in [1.54, 1.807) is 0 Å². The molecule has 0 amide bonds. The molecule has 0 rings (SSSR count). The van der Waals surface area contributed by atoms with E-state index in [1.807, 2.05) is 0 Å². The van der Waals surface area contributed by atoms with E-state index in [0.29, 0.717) is 13.0 Å². The van der Waals surface area contributed by atoms with Crippen LogP contribution >= 0.6 is 0 Å². The minimum Gasteiger partial charge on any atom is -0.466 e. The molecule has 0 aromatic heterocycles. The van der Waals surface area contributed by atoms with Gasteiger partial charge in [-0.25, -0.2) is 0 Å². The van der Waals surface area contributed by atoms with Crippen molar-refractivity contribution in [1.29, 1.82) is 0 Å². The number of esters is 1. The lowest BCUT2D eigenvalue weighted by molar-refractivity contribution is -0.143. The van der Waals surface area contributed by atoms with Crippen molar-refractivity contribution in [3.63, 3.8) is 0 Å². The Balaban J connectivity index is 3.16. The van der Waals surface area contributed by atoms with Gasteiger partial charge < -0.3 is 4.74 Å². The van der Waals surface area contributed by atoms with Crippen LogP contribution in [0, 0.1) is 0 Å². The monoisotopic (exact) mass is 757 g/mol. The molecule has 0 spiro atoms. The van der Waals surface area contributed by atoms with Gasteiger partial charge in [-0.3, -0.25) is 4.79 Å². The molecule has 0 bridgehead atoms. The van der Waals surface area contributed by atoms with E-state index in [0.717, 1.165) is 25.7 Å². The molecular formula is C52H100O2. The first-order valence-corrected chi connectivity index (χ1v) is 25.3. The van der Waals surface area contributed by atoms with Gasteiger partial charge in [-0.1, -0.05) is 269 Å². The van der Waals surface area contributed by atoms with E-state index in [4.69, 9.17) is 4.74 Å². The van der Waals surface area contributed by atoms with Gasteiger partial charge in [0, 0.05) is 6.42 Å². The van der Waals surface area contributed by atoms with Crippen molar-refractivity contribution in [2.75, 3.05) is 6.61 Å². The van der Waals surface area contributed by atoms with Gasteiger partial charge in [0.15, 0.2) is 0 Å². The van der Waals surface area contributed by atoms with Gasteiger partial charge in [0.1, 0.15) is 0 Å². The summed E-state index contributed by atoms with van der Waals surface area (Å²) in [7, 11) is 0. The summed E-state index contributed by atoms with van der Waals surface area (Å²) in [6, 6.07) is 0. The third kappa shape index (κ3) is 49.0. The first-order valence-electron chi connectivity index (χ1n) is 25.3. The molecule has 0 radical (unpaired) electrons. The Bertz CT molecular complexity index is 739. The van der Waals surface area contributed by atoms with Crippen LogP contribution in [0.1, 0.15) is 296 Å². The Morgan fingerprint density at radius 2 is 0.574 bits per heavy atom. The van der Waals surface area contributed by atoms with Crippen molar-refractivity contribution in [3.05, 3.63) is 24.3 Å². The largest absolute Gasteiger partial charge is 0.466 e. The maximum Gasteiger partial charge on any atom is 0.305 e. The predicted octanol–water partition coefficient (Wildman–Crippen LogP) is 18.8. The molecular weight excluding hydrogens is 657 g/mol. The standard InChI is InChI=1S/C52H100O2/c1-3-5-7-9-11-13-15-17-19-20-21-22-23-24-25-26-27-28-29-30-31-32-33-34-35-37-39-41-43-45-47-49-51-54-52(53)50-48-46-44-42-40-38-36-18-16-14-12-10-8-6-4-2/h12,14,18,36H,3-11,13,15-17,19-35,37-51H2,1-2H3/b14-12-,36-18-. The van der Waals surface area contributed by atoms with E-state index in [-0.39, 0.29) is 5.97 Å². The smallest absolute Gasteiger partial charge is 0.305 e. The van der Waals surface area contributed by atoms with E-state index < -0.39 is 0 Å². The molecule has 0 unspecified atom stereocenters. The summed E-state index contributed by atoms with van der Waals surface area (Å²) >= 11 is 0. The molecule has 0 aromatic rings. The average Bonchev–Trinajstić information content (AvgIpc) is 3.18. The van der Waals surface area contributed by atoms with Crippen molar-refractivity contribution in [2.45, 2.75) is 296 Å². The summed E-state index contributed by atoms with van der Waals surface area (Å²) in [6.45, 7) is 5.19. The Labute approximate surface area is 341 Å². The maximum absolute atomic E-state index is 12.0. The number of hydrogen-bond donors (Lipinski definition) is 0. The van der Waals surface area contributed by atoms with E-state index in [9.17, 15) is 4.79 Å². The van der Waals surface area contributed by atoms with Gasteiger partial charge in [0.25, 0.3) is 0 Å². The van der Waals surface area contributed by atoms with Gasteiger partial charge in [-0.05, 0) is 44.9 Å². The zero-order valence-electron chi connectivity index (χ0n) is 37.4. The van der Waals surface area contributed by atoms with Gasteiger partial charge >= 0.3 is 5.97 Å². The molecule has 0 aliphatic heterocycles. The quantitative estimate of drug-likeness (QED) is 0.0351. The molecule has 0 fully saturated rings. The number of rotatable bonds is 47. The van der Waals surface area contributed by atoms with Crippen molar-refractivity contribution >= 4 is 5.97 Å². The zero-order valence-corrected chi connectivity index (χ0v) is 37.4. The minimum absolute atomic E-state index is 0.0152. The fourth-order valence-electron chi connectivity index (χ4n) is 7.82. The van der Waals surface area contributed by atoms with Crippen LogP contribution in [0.5, 0.6) is 0 Å². The summed E-state index contributed by atoms with van der Waals surface area (Å²) < 4.78 is 5.47. The van der Waals surface area contributed by atoms with Crippen LogP contribution in [0.3, 0.4) is 0 Å². The van der Waals surface area contributed by atoms with Gasteiger partial charge in [-0.15, -0.1) is 0 Å². The minimum atomic E-state index is 0.0152.